The molecule has 1 spiro atoms. The lowest BCUT2D eigenvalue weighted by Crippen LogP contribution is -2.50. The van der Waals surface area contributed by atoms with Gasteiger partial charge in [0.1, 0.15) is 0 Å². The van der Waals surface area contributed by atoms with Gasteiger partial charge in [-0.3, -0.25) is 4.90 Å². The van der Waals surface area contributed by atoms with Crippen LogP contribution in [0.1, 0.15) is 24.8 Å². The van der Waals surface area contributed by atoms with Gasteiger partial charge < -0.3 is 14.6 Å². The van der Waals surface area contributed by atoms with Crippen molar-refractivity contribution in [1.29, 1.82) is 0 Å². The first kappa shape index (κ1) is 13.2. The van der Waals surface area contributed by atoms with Crippen LogP contribution in [0.3, 0.4) is 0 Å². The van der Waals surface area contributed by atoms with Crippen LogP contribution < -0.4 is 9.47 Å². The van der Waals surface area contributed by atoms with Crippen LogP contribution in [-0.2, 0) is 6.42 Å². The number of ether oxygens (including phenoxy) is 2. The number of hydrogen-bond donors (Lipinski definition) is 1. The summed E-state index contributed by atoms with van der Waals surface area (Å²) in [6.45, 7) is 2.40. The smallest absolute Gasteiger partial charge is 0.231 e. The Bertz CT molecular complexity index is 571. The first-order valence-corrected chi connectivity index (χ1v) is 7.76. The maximum absolute atomic E-state index is 10.3. The summed E-state index contributed by atoms with van der Waals surface area (Å²) in [7, 11) is 0. The molecule has 2 aliphatic heterocycles. The van der Waals surface area contributed by atoms with Gasteiger partial charge in [0.2, 0.25) is 6.79 Å². The second kappa shape index (κ2) is 5.04. The first-order chi connectivity index (χ1) is 10.3. The third-order valence-electron chi connectivity index (χ3n) is 5.12. The van der Waals surface area contributed by atoms with Gasteiger partial charge in [0, 0.05) is 6.54 Å². The van der Waals surface area contributed by atoms with Gasteiger partial charge >= 0.3 is 0 Å². The fourth-order valence-electron chi connectivity index (χ4n) is 3.92. The SMILES string of the molecule is OC1C=CC[C@]12CCCN2CCc1ccc2c(c1)OCO2. The van der Waals surface area contributed by atoms with Crippen LogP contribution in [0, 0.1) is 0 Å². The normalized spacial score (nSPS) is 30.6. The third-order valence-corrected chi connectivity index (χ3v) is 5.12. The minimum absolute atomic E-state index is 0.0314. The van der Waals surface area contributed by atoms with Crippen LogP contribution >= 0.6 is 0 Å². The van der Waals surface area contributed by atoms with Gasteiger partial charge in [0.15, 0.2) is 11.5 Å². The lowest BCUT2D eigenvalue weighted by molar-refractivity contribution is 0.0321. The summed E-state index contributed by atoms with van der Waals surface area (Å²) in [6, 6.07) is 6.18. The standard InChI is InChI=1S/C17H21NO3/c19-16-3-1-7-17(16)8-2-9-18(17)10-6-13-4-5-14-15(11-13)21-12-20-14/h1,3-5,11,16,19H,2,6-10,12H2/t16?,17-/m0/s1. The van der Waals surface area contributed by atoms with Crippen LogP contribution in [0.4, 0.5) is 0 Å². The first-order valence-electron chi connectivity index (χ1n) is 7.76. The zero-order valence-corrected chi connectivity index (χ0v) is 12.1. The number of aliphatic hydroxyl groups excluding tert-OH is 1. The van der Waals surface area contributed by atoms with E-state index in [4.69, 9.17) is 9.47 Å². The average molecular weight is 287 g/mol. The van der Waals surface area contributed by atoms with Gasteiger partial charge in [0.05, 0.1) is 11.6 Å². The van der Waals surface area contributed by atoms with E-state index in [-0.39, 0.29) is 11.6 Å². The zero-order chi connectivity index (χ0) is 14.3. The molecule has 1 aromatic rings. The Morgan fingerprint density at radius 1 is 1.29 bits per heavy atom. The summed E-state index contributed by atoms with van der Waals surface area (Å²) in [4.78, 5) is 2.47. The molecule has 2 heterocycles. The number of benzene rings is 1. The molecule has 0 bridgehead atoms. The van der Waals surface area contributed by atoms with E-state index >= 15 is 0 Å². The Labute approximate surface area is 125 Å². The molecule has 2 atom stereocenters. The number of fused-ring (bicyclic) bond motifs is 1. The third kappa shape index (κ3) is 2.14. The average Bonchev–Trinajstić information content (AvgIpc) is 3.19. The highest BCUT2D eigenvalue weighted by Crippen LogP contribution is 2.40. The van der Waals surface area contributed by atoms with Crippen LogP contribution in [0.5, 0.6) is 11.5 Å². The molecule has 1 unspecified atom stereocenters. The predicted molar refractivity (Wildman–Crippen MR) is 79.6 cm³/mol. The topological polar surface area (TPSA) is 41.9 Å². The van der Waals surface area contributed by atoms with Crippen LogP contribution in [0.25, 0.3) is 0 Å². The van der Waals surface area contributed by atoms with Crippen molar-refractivity contribution in [1.82, 2.24) is 4.90 Å². The molecule has 0 aromatic heterocycles. The highest BCUT2D eigenvalue weighted by atomic mass is 16.7. The van der Waals surface area contributed by atoms with Gasteiger partial charge in [0.25, 0.3) is 0 Å². The van der Waals surface area contributed by atoms with Gasteiger partial charge in [-0.05, 0) is 49.9 Å². The van der Waals surface area contributed by atoms with E-state index in [2.05, 4.69) is 23.1 Å². The molecule has 1 N–H and O–H groups in total. The van der Waals surface area contributed by atoms with Crippen LogP contribution in [0.15, 0.2) is 30.4 Å². The highest BCUT2D eigenvalue weighted by Gasteiger charge is 2.46. The van der Waals surface area contributed by atoms with E-state index in [1.165, 1.54) is 12.0 Å². The van der Waals surface area contributed by atoms with Gasteiger partial charge in [-0.1, -0.05) is 18.2 Å². The van der Waals surface area contributed by atoms with Gasteiger partial charge in [-0.25, -0.2) is 0 Å². The summed E-state index contributed by atoms with van der Waals surface area (Å²) < 4.78 is 10.8. The number of aliphatic hydroxyl groups is 1. The molecular weight excluding hydrogens is 266 g/mol. The van der Waals surface area contributed by atoms with Crippen molar-refractivity contribution in [2.75, 3.05) is 19.9 Å². The molecule has 0 amide bonds. The summed E-state index contributed by atoms with van der Waals surface area (Å²) in [6.07, 6.45) is 8.02. The van der Waals surface area contributed by atoms with Crippen molar-refractivity contribution in [3.05, 3.63) is 35.9 Å². The quantitative estimate of drug-likeness (QED) is 0.865. The van der Waals surface area contributed by atoms with Gasteiger partial charge in [-0.15, -0.1) is 0 Å². The minimum atomic E-state index is -0.309. The monoisotopic (exact) mass is 287 g/mol. The van der Waals surface area contributed by atoms with E-state index in [1.54, 1.807) is 0 Å². The Morgan fingerprint density at radius 2 is 2.19 bits per heavy atom. The minimum Gasteiger partial charge on any atom is -0.454 e. The van der Waals surface area contributed by atoms with Crippen molar-refractivity contribution in [3.63, 3.8) is 0 Å². The Morgan fingerprint density at radius 3 is 3.05 bits per heavy atom. The molecule has 0 saturated carbocycles. The van der Waals surface area contributed by atoms with E-state index in [0.717, 1.165) is 43.9 Å². The fraction of sp³-hybridized carbons (Fsp3) is 0.529. The number of hydrogen-bond acceptors (Lipinski definition) is 4. The Kier molecular flexibility index (Phi) is 3.16. The molecule has 1 saturated heterocycles. The molecule has 4 heteroatoms. The molecule has 4 rings (SSSR count). The van der Waals surface area contributed by atoms with Crippen molar-refractivity contribution < 1.29 is 14.6 Å². The van der Waals surface area contributed by atoms with Crippen molar-refractivity contribution in [2.45, 2.75) is 37.3 Å². The highest BCUT2D eigenvalue weighted by molar-refractivity contribution is 5.44. The molecule has 21 heavy (non-hydrogen) atoms. The molecule has 1 fully saturated rings. The summed E-state index contributed by atoms with van der Waals surface area (Å²) in [5.74, 6) is 1.69. The maximum atomic E-state index is 10.3. The second-order valence-electron chi connectivity index (χ2n) is 6.21. The summed E-state index contributed by atoms with van der Waals surface area (Å²) >= 11 is 0. The van der Waals surface area contributed by atoms with Crippen LogP contribution in [0.2, 0.25) is 0 Å². The number of rotatable bonds is 3. The fourth-order valence-corrected chi connectivity index (χ4v) is 3.92. The number of likely N-dealkylation sites (tertiary alicyclic amines) is 1. The van der Waals surface area contributed by atoms with E-state index in [9.17, 15) is 5.11 Å². The zero-order valence-electron chi connectivity index (χ0n) is 12.1. The number of nitrogens with zero attached hydrogens (tertiary/aromatic N) is 1. The van der Waals surface area contributed by atoms with E-state index in [1.807, 2.05) is 12.1 Å². The molecule has 1 aliphatic carbocycles. The summed E-state index contributed by atoms with van der Waals surface area (Å²) in [5.41, 5.74) is 1.23. The maximum Gasteiger partial charge on any atom is 0.231 e. The molecule has 0 radical (unpaired) electrons. The Hall–Kier alpha value is -1.52. The van der Waals surface area contributed by atoms with Gasteiger partial charge in [-0.2, -0.15) is 0 Å². The van der Waals surface area contributed by atoms with Crippen molar-refractivity contribution in [3.8, 4) is 11.5 Å². The van der Waals surface area contributed by atoms with Crippen LogP contribution in [-0.4, -0.2) is 41.5 Å². The molecule has 112 valence electrons. The largest absolute Gasteiger partial charge is 0.454 e. The van der Waals surface area contributed by atoms with E-state index in [0.29, 0.717) is 6.79 Å². The molecule has 1 aromatic carbocycles. The van der Waals surface area contributed by atoms with Crippen molar-refractivity contribution >= 4 is 0 Å². The Balaban J connectivity index is 1.45. The lowest BCUT2D eigenvalue weighted by Gasteiger charge is -2.38. The second-order valence-corrected chi connectivity index (χ2v) is 6.21. The summed E-state index contributed by atoms with van der Waals surface area (Å²) in [5, 5.41) is 10.3. The lowest BCUT2D eigenvalue weighted by atomic mass is 9.90. The molecule has 4 nitrogen and oxygen atoms in total. The predicted octanol–water partition coefficient (Wildman–Crippen LogP) is 2.11. The van der Waals surface area contributed by atoms with Crippen molar-refractivity contribution in [2.24, 2.45) is 0 Å². The molecule has 3 aliphatic rings. The van der Waals surface area contributed by atoms with E-state index < -0.39 is 0 Å². The molecular formula is C17H21NO3.